The highest BCUT2D eigenvalue weighted by atomic mass is 16.4. The van der Waals surface area contributed by atoms with Crippen molar-refractivity contribution >= 4 is 39.4 Å². The number of hydrogen-bond donors (Lipinski definition) is 4. The Morgan fingerprint density at radius 1 is 1.29 bits per heavy atom. The van der Waals surface area contributed by atoms with Crippen molar-refractivity contribution in [3.8, 4) is 0 Å². The molecule has 0 fully saturated rings. The quantitative estimate of drug-likeness (QED) is 0.588. The molecule has 0 radical (unpaired) electrons. The van der Waals surface area contributed by atoms with E-state index in [0.29, 0.717) is 33.1 Å². The van der Waals surface area contributed by atoms with E-state index in [-0.39, 0.29) is 23.8 Å². The number of H-pyrrole nitrogens is 2. The molecule has 1 aromatic carbocycles. The maximum Gasteiger partial charge on any atom is 0.307 e. The SMILES string of the molecule is CC(C)C(=O)Nc1ccc2[nH]c3c(=O)[nH]cc(CC(=O)O)c3c2c1. The molecule has 1 amide bonds. The maximum atomic E-state index is 12.0. The number of anilines is 1. The van der Waals surface area contributed by atoms with Crippen LogP contribution in [0.25, 0.3) is 21.8 Å². The molecule has 2 heterocycles. The molecule has 7 nitrogen and oxygen atoms in total. The van der Waals surface area contributed by atoms with Gasteiger partial charge in [-0.2, -0.15) is 0 Å². The Balaban J connectivity index is 2.22. The zero-order chi connectivity index (χ0) is 17.4. The molecule has 0 unspecified atom stereocenters. The van der Waals surface area contributed by atoms with E-state index >= 15 is 0 Å². The minimum atomic E-state index is -0.984. The van der Waals surface area contributed by atoms with E-state index in [4.69, 9.17) is 5.11 Å². The number of aliphatic carboxylic acids is 1. The van der Waals surface area contributed by atoms with E-state index in [1.54, 1.807) is 32.0 Å². The minimum Gasteiger partial charge on any atom is -0.481 e. The van der Waals surface area contributed by atoms with Crippen LogP contribution < -0.4 is 10.9 Å². The third-order valence-corrected chi connectivity index (χ3v) is 3.86. The number of fused-ring (bicyclic) bond motifs is 3. The van der Waals surface area contributed by atoms with Crippen LogP contribution in [0.5, 0.6) is 0 Å². The molecule has 7 heteroatoms. The largest absolute Gasteiger partial charge is 0.481 e. The van der Waals surface area contributed by atoms with Crippen LogP contribution in [0.1, 0.15) is 19.4 Å². The molecule has 2 aromatic heterocycles. The Morgan fingerprint density at radius 2 is 2.04 bits per heavy atom. The predicted molar refractivity (Wildman–Crippen MR) is 91.2 cm³/mol. The Kier molecular flexibility index (Phi) is 3.84. The fourth-order valence-corrected chi connectivity index (χ4v) is 2.66. The Morgan fingerprint density at radius 3 is 2.71 bits per heavy atom. The third kappa shape index (κ3) is 2.76. The first kappa shape index (κ1) is 15.8. The van der Waals surface area contributed by atoms with Gasteiger partial charge in [0.1, 0.15) is 5.52 Å². The summed E-state index contributed by atoms with van der Waals surface area (Å²) in [5, 5.41) is 13.2. The molecule has 3 rings (SSSR count). The smallest absolute Gasteiger partial charge is 0.307 e. The molecule has 0 atom stereocenters. The van der Waals surface area contributed by atoms with Gasteiger partial charge >= 0.3 is 5.97 Å². The molecule has 0 aliphatic rings. The van der Waals surface area contributed by atoms with E-state index in [1.807, 2.05) is 0 Å². The van der Waals surface area contributed by atoms with Gasteiger partial charge in [0.05, 0.1) is 6.42 Å². The van der Waals surface area contributed by atoms with Gasteiger partial charge in [-0.3, -0.25) is 14.4 Å². The number of carbonyl (C=O) groups is 2. The van der Waals surface area contributed by atoms with Gasteiger partial charge in [-0.25, -0.2) is 0 Å². The molecule has 0 spiro atoms. The molecule has 0 saturated heterocycles. The van der Waals surface area contributed by atoms with Gasteiger partial charge in [0.15, 0.2) is 0 Å². The fraction of sp³-hybridized carbons (Fsp3) is 0.235. The highest BCUT2D eigenvalue weighted by Gasteiger charge is 2.15. The summed E-state index contributed by atoms with van der Waals surface area (Å²) in [4.78, 5) is 40.5. The predicted octanol–water partition coefficient (Wildman–Crippen LogP) is 2.23. The normalized spacial score (nSPS) is 11.3. The minimum absolute atomic E-state index is 0.113. The van der Waals surface area contributed by atoms with Crippen molar-refractivity contribution in [2.45, 2.75) is 20.3 Å². The lowest BCUT2D eigenvalue weighted by molar-refractivity contribution is -0.136. The summed E-state index contributed by atoms with van der Waals surface area (Å²) in [6.45, 7) is 3.59. The van der Waals surface area contributed by atoms with E-state index in [0.717, 1.165) is 0 Å². The number of pyridine rings is 1. The molecular formula is C17H17N3O4. The van der Waals surface area contributed by atoms with Crippen molar-refractivity contribution in [1.29, 1.82) is 0 Å². The Hall–Kier alpha value is -3.09. The molecular weight excluding hydrogens is 310 g/mol. The van der Waals surface area contributed by atoms with E-state index in [9.17, 15) is 14.4 Å². The lowest BCUT2D eigenvalue weighted by Gasteiger charge is -2.08. The van der Waals surface area contributed by atoms with Gasteiger partial charge < -0.3 is 20.4 Å². The second kappa shape index (κ2) is 5.84. The number of benzene rings is 1. The highest BCUT2D eigenvalue weighted by molar-refractivity contribution is 6.10. The summed E-state index contributed by atoms with van der Waals surface area (Å²) in [6, 6.07) is 5.25. The Labute approximate surface area is 136 Å². The summed E-state index contributed by atoms with van der Waals surface area (Å²) < 4.78 is 0. The first-order valence-electron chi connectivity index (χ1n) is 7.55. The second-order valence-electron chi connectivity index (χ2n) is 5.99. The third-order valence-electron chi connectivity index (χ3n) is 3.86. The van der Waals surface area contributed by atoms with Crippen LogP contribution in [0.2, 0.25) is 0 Å². The summed E-state index contributed by atoms with van der Waals surface area (Å²) in [5.74, 6) is -1.26. The molecule has 0 aliphatic heterocycles. The lowest BCUT2D eigenvalue weighted by atomic mass is 10.1. The Bertz CT molecular complexity index is 1010. The lowest BCUT2D eigenvalue weighted by Crippen LogP contribution is -2.17. The van der Waals surface area contributed by atoms with Crippen LogP contribution in [0.3, 0.4) is 0 Å². The van der Waals surface area contributed by atoms with E-state index in [2.05, 4.69) is 15.3 Å². The average molecular weight is 327 g/mol. The van der Waals surface area contributed by atoms with E-state index < -0.39 is 5.97 Å². The van der Waals surface area contributed by atoms with Gasteiger partial charge in [-0.05, 0) is 23.8 Å². The van der Waals surface area contributed by atoms with Crippen LogP contribution in [-0.4, -0.2) is 27.0 Å². The van der Waals surface area contributed by atoms with Gasteiger partial charge in [-0.15, -0.1) is 0 Å². The van der Waals surface area contributed by atoms with Crippen molar-refractivity contribution in [3.63, 3.8) is 0 Å². The summed E-state index contributed by atoms with van der Waals surface area (Å²) in [5.41, 5.74) is 1.83. The van der Waals surface area contributed by atoms with Crippen LogP contribution in [0, 0.1) is 5.92 Å². The number of carbonyl (C=O) groups excluding carboxylic acids is 1. The summed E-state index contributed by atoms with van der Waals surface area (Å²) in [6.07, 6.45) is 1.22. The van der Waals surface area contributed by atoms with Crippen LogP contribution >= 0.6 is 0 Å². The van der Waals surface area contributed by atoms with Crippen molar-refractivity contribution in [1.82, 2.24) is 9.97 Å². The fourth-order valence-electron chi connectivity index (χ4n) is 2.66. The summed E-state index contributed by atoms with van der Waals surface area (Å²) in [7, 11) is 0. The maximum absolute atomic E-state index is 12.0. The summed E-state index contributed by atoms with van der Waals surface area (Å²) >= 11 is 0. The van der Waals surface area contributed by atoms with Crippen molar-refractivity contribution in [2.75, 3.05) is 5.32 Å². The monoisotopic (exact) mass is 327 g/mol. The number of aromatic nitrogens is 2. The van der Waals surface area contributed by atoms with Gasteiger partial charge in [0, 0.05) is 34.1 Å². The van der Waals surface area contributed by atoms with Crippen molar-refractivity contribution in [2.24, 2.45) is 5.92 Å². The number of nitrogens with one attached hydrogen (secondary N) is 3. The topological polar surface area (TPSA) is 115 Å². The molecule has 3 aromatic rings. The van der Waals surface area contributed by atoms with Crippen LogP contribution in [0.4, 0.5) is 5.69 Å². The number of rotatable bonds is 4. The van der Waals surface area contributed by atoms with Gasteiger partial charge in [0.2, 0.25) is 5.91 Å². The molecule has 0 aliphatic carbocycles. The molecule has 0 bridgehead atoms. The average Bonchev–Trinajstić information content (AvgIpc) is 2.89. The highest BCUT2D eigenvalue weighted by Crippen LogP contribution is 2.29. The number of carboxylic acid groups (broad SMARTS) is 1. The van der Waals surface area contributed by atoms with Crippen molar-refractivity contribution in [3.05, 3.63) is 40.3 Å². The van der Waals surface area contributed by atoms with Crippen LogP contribution in [0.15, 0.2) is 29.2 Å². The second-order valence-corrected chi connectivity index (χ2v) is 5.99. The first-order chi connectivity index (χ1) is 11.4. The number of aromatic amines is 2. The number of amides is 1. The molecule has 4 N–H and O–H groups in total. The number of hydrogen-bond acceptors (Lipinski definition) is 3. The standard InChI is InChI=1S/C17H17N3O4/c1-8(2)16(23)19-10-3-4-12-11(6-10)14-9(5-13(21)22)7-18-17(24)15(14)20-12/h3-4,6-8,20H,5H2,1-2H3,(H,18,24)(H,19,23)(H,21,22). The van der Waals surface area contributed by atoms with E-state index in [1.165, 1.54) is 6.20 Å². The van der Waals surface area contributed by atoms with Crippen LogP contribution in [-0.2, 0) is 16.0 Å². The first-order valence-corrected chi connectivity index (χ1v) is 7.55. The molecule has 0 saturated carbocycles. The van der Waals surface area contributed by atoms with Gasteiger partial charge in [0.25, 0.3) is 5.56 Å². The zero-order valence-electron chi connectivity index (χ0n) is 13.3. The van der Waals surface area contributed by atoms with Gasteiger partial charge in [-0.1, -0.05) is 13.8 Å². The molecule has 124 valence electrons. The van der Waals surface area contributed by atoms with Crippen molar-refractivity contribution < 1.29 is 14.7 Å². The zero-order valence-corrected chi connectivity index (χ0v) is 13.3. The number of carboxylic acids is 1. The molecule has 24 heavy (non-hydrogen) atoms.